The standard InChI is InChI=1S/C15H18N2O3/c1-9(2)13(15(19)20)16-8-11-7-10-5-3-4-6-12(10)17-14(11)18/h3-7,9,13,16H,8H2,1-2H3,(H,17,18)(H,19,20). The van der Waals surface area contributed by atoms with Crippen LogP contribution in [0.3, 0.4) is 0 Å². The molecule has 0 saturated heterocycles. The minimum atomic E-state index is -0.905. The lowest BCUT2D eigenvalue weighted by Crippen LogP contribution is -2.41. The van der Waals surface area contributed by atoms with Gasteiger partial charge in [-0.15, -0.1) is 0 Å². The topological polar surface area (TPSA) is 82.2 Å². The summed E-state index contributed by atoms with van der Waals surface area (Å²) in [6, 6.07) is 8.62. The number of nitrogens with one attached hydrogen (secondary N) is 2. The molecule has 0 bridgehead atoms. The van der Waals surface area contributed by atoms with Gasteiger partial charge in [-0.3, -0.25) is 14.9 Å². The van der Waals surface area contributed by atoms with E-state index in [1.165, 1.54) is 0 Å². The van der Waals surface area contributed by atoms with Crippen molar-refractivity contribution in [3.8, 4) is 0 Å². The zero-order chi connectivity index (χ0) is 14.7. The third-order valence-corrected chi connectivity index (χ3v) is 3.28. The van der Waals surface area contributed by atoms with Gasteiger partial charge in [0.25, 0.3) is 5.56 Å². The van der Waals surface area contributed by atoms with E-state index >= 15 is 0 Å². The second-order valence-electron chi connectivity index (χ2n) is 5.15. The number of hydrogen-bond acceptors (Lipinski definition) is 3. The Kier molecular flexibility index (Phi) is 4.20. The molecule has 0 amide bonds. The van der Waals surface area contributed by atoms with Crippen LogP contribution >= 0.6 is 0 Å². The van der Waals surface area contributed by atoms with Gasteiger partial charge >= 0.3 is 5.97 Å². The fourth-order valence-corrected chi connectivity index (χ4v) is 2.15. The second-order valence-corrected chi connectivity index (χ2v) is 5.15. The van der Waals surface area contributed by atoms with Gasteiger partial charge < -0.3 is 10.1 Å². The van der Waals surface area contributed by atoms with Crippen LogP contribution in [0, 0.1) is 5.92 Å². The van der Waals surface area contributed by atoms with Crippen molar-refractivity contribution in [1.82, 2.24) is 10.3 Å². The summed E-state index contributed by atoms with van der Waals surface area (Å²) in [5.74, 6) is -0.954. The first kappa shape index (κ1) is 14.3. The lowest BCUT2D eigenvalue weighted by atomic mass is 10.0. The molecular formula is C15H18N2O3. The molecule has 5 nitrogen and oxygen atoms in total. The highest BCUT2D eigenvalue weighted by atomic mass is 16.4. The molecule has 106 valence electrons. The molecule has 5 heteroatoms. The smallest absolute Gasteiger partial charge is 0.320 e. The van der Waals surface area contributed by atoms with Gasteiger partial charge in [-0.2, -0.15) is 0 Å². The van der Waals surface area contributed by atoms with Crippen molar-refractivity contribution in [1.29, 1.82) is 0 Å². The Balaban J connectivity index is 2.23. The minimum Gasteiger partial charge on any atom is -0.480 e. The third kappa shape index (κ3) is 3.05. The fourth-order valence-electron chi connectivity index (χ4n) is 2.15. The summed E-state index contributed by atoms with van der Waals surface area (Å²) >= 11 is 0. The van der Waals surface area contributed by atoms with Crippen molar-refractivity contribution in [2.75, 3.05) is 0 Å². The lowest BCUT2D eigenvalue weighted by Gasteiger charge is -2.17. The fraction of sp³-hybridized carbons (Fsp3) is 0.333. The number of aromatic amines is 1. The molecule has 0 aliphatic heterocycles. The van der Waals surface area contributed by atoms with Crippen LogP contribution in [0.5, 0.6) is 0 Å². The summed E-state index contributed by atoms with van der Waals surface area (Å²) in [6.07, 6.45) is 0. The number of carboxylic acid groups (broad SMARTS) is 1. The van der Waals surface area contributed by atoms with Crippen LogP contribution in [0.15, 0.2) is 35.1 Å². The van der Waals surface area contributed by atoms with Gasteiger partial charge in [-0.05, 0) is 23.4 Å². The Morgan fingerprint density at radius 3 is 2.70 bits per heavy atom. The molecule has 0 radical (unpaired) electrons. The van der Waals surface area contributed by atoms with E-state index in [4.69, 9.17) is 5.11 Å². The van der Waals surface area contributed by atoms with Crippen LogP contribution in [-0.2, 0) is 11.3 Å². The number of H-pyrrole nitrogens is 1. The summed E-state index contributed by atoms with van der Waals surface area (Å²) in [7, 11) is 0. The first-order chi connectivity index (χ1) is 9.49. The average molecular weight is 274 g/mol. The van der Waals surface area contributed by atoms with E-state index in [0.29, 0.717) is 5.56 Å². The van der Waals surface area contributed by atoms with Crippen LogP contribution in [0.2, 0.25) is 0 Å². The third-order valence-electron chi connectivity index (χ3n) is 3.28. The van der Waals surface area contributed by atoms with Gasteiger partial charge in [0.2, 0.25) is 0 Å². The first-order valence-electron chi connectivity index (χ1n) is 6.56. The van der Waals surface area contributed by atoms with E-state index in [2.05, 4.69) is 10.3 Å². The van der Waals surface area contributed by atoms with Crippen molar-refractivity contribution in [3.63, 3.8) is 0 Å². The van der Waals surface area contributed by atoms with Crippen LogP contribution < -0.4 is 10.9 Å². The Labute approximate surface area is 116 Å². The molecule has 0 saturated carbocycles. The number of pyridine rings is 1. The molecule has 0 aliphatic rings. The maximum atomic E-state index is 11.9. The van der Waals surface area contributed by atoms with Crippen LogP contribution in [0.4, 0.5) is 0 Å². The number of para-hydroxylation sites is 1. The molecule has 1 aromatic heterocycles. The normalized spacial score (nSPS) is 12.8. The molecule has 3 N–H and O–H groups in total. The monoisotopic (exact) mass is 274 g/mol. The van der Waals surface area contributed by atoms with Gasteiger partial charge in [0.1, 0.15) is 6.04 Å². The van der Waals surface area contributed by atoms with Gasteiger partial charge in [-0.25, -0.2) is 0 Å². The quantitative estimate of drug-likeness (QED) is 0.775. The zero-order valence-corrected chi connectivity index (χ0v) is 11.5. The van der Waals surface area contributed by atoms with Gasteiger partial charge in [0, 0.05) is 17.6 Å². The zero-order valence-electron chi connectivity index (χ0n) is 11.5. The largest absolute Gasteiger partial charge is 0.480 e. The summed E-state index contributed by atoms with van der Waals surface area (Å²) < 4.78 is 0. The predicted molar refractivity (Wildman–Crippen MR) is 77.7 cm³/mol. The number of fused-ring (bicyclic) bond motifs is 1. The number of carbonyl (C=O) groups is 1. The molecule has 0 aliphatic carbocycles. The minimum absolute atomic E-state index is 0.0490. The Hall–Kier alpha value is -2.14. The van der Waals surface area contributed by atoms with Crippen molar-refractivity contribution in [3.05, 3.63) is 46.2 Å². The predicted octanol–water partition coefficient (Wildman–Crippen LogP) is 1.73. The molecule has 1 atom stereocenters. The van der Waals surface area contributed by atoms with Gasteiger partial charge in [-0.1, -0.05) is 32.0 Å². The number of carboxylic acids is 1. The molecule has 1 aromatic carbocycles. The average Bonchev–Trinajstić information content (AvgIpc) is 2.38. The van der Waals surface area contributed by atoms with E-state index in [9.17, 15) is 9.59 Å². The Morgan fingerprint density at radius 1 is 1.35 bits per heavy atom. The van der Waals surface area contributed by atoms with E-state index < -0.39 is 12.0 Å². The molecule has 0 spiro atoms. The molecule has 0 fully saturated rings. The van der Waals surface area contributed by atoms with Crippen molar-refractivity contribution in [2.24, 2.45) is 5.92 Å². The number of aliphatic carboxylic acids is 1. The highest BCUT2D eigenvalue weighted by Crippen LogP contribution is 2.10. The van der Waals surface area contributed by atoms with Crippen molar-refractivity contribution in [2.45, 2.75) is 26.4 Å². The SMILES string of the molecule is CC(C)C(NCc1cc2ccccc2[nH]c1=O)C(=O)O. The number of aromatic nitrogens is 1. The molecule has 1 unspecified atom stereocenters. The van der Waals surface area contributed by atoms with Crippen molar-refractivity contribution < 1.29 is 9.90 Å². The number of rotatable bonds is 5. The van der Waals surface area contributed by atoms with Gasteiger partial charge in [0.15, 0.2) is 0 Å². The molecule has 20 heavy (non-hydrogen) atoms. The summed E-state index contributed by atoms with van der Waals surface area (Å²) in [5.41, 5.74) is 1.12. The summed E-state index contributed by atoms with van der Waals surface area (Å²) in [6.45, 7) is 3.89. The van der Waals surface area contributed by atoms with E-state index in [1.807, 2.05) is 38.1 Å². The first-order valence-corrected chi connectivity index (χ1v) is 6.56. The summed E-state index contributed by atoms with van der Waals surface area (Å²) in [4.78, 5) is 25.9. The number of hydrogen-bond donors (Lipinski definition) is 3. The molecular weight excluding hydrogens is 256 g/mol. The lowest BCUT2D eigenvalue weighted by molar-refractivity contribution is -0.140. The molecule has 1 heterocycles. The highest BCUT2D eigenvalue weighted by molar-refractivity contribution is 5.78. The van der Waals surface area contributed by atoms with Crippen LogP contribution in [0.25, 0.3) is 10.9 Å². The molecule has 2 rings (SSSR count). The summed E-state index contributed by atoms with van der Waals surface area (Å²) in [5, 5.41) is 13.0. The van der Waals surface area contributed by atoms with Crippen molar-refractivity contribution >= 4 is 16.9 Å². The van der Waals surface area contributed by atoms with Crippen LogP contribution in [-0.4, -0.2) is 22.1 Å². The van der Waals surface area contributed by atoms with E-state index in [1.54, 1.807) is 6.07 Å². The maximum absolute atomic E-state index is 11.9. The van der Waals surface area contributed by atoms with Gasteiger partial charge in [0.05, 0.1) is 0 Å². The Bertz CT molecular complexity index is 676. The highest BCUT2D eigenvalue weighted by Gasteiger charge is 2.20. The van der Waals surface area contributed by atoms with Crippen LogP contribution in [0.1, 0.15) is 19.4 Å². The number of benzene rings is 1. The maximum Gasteiger partial charge on any atom is 0.320 e. The van der Waals surface area contributed by atoms with E-state index in [0.717, 1.165) is 10.9 Å². The Morgan fingerprint density at radius 2 is 2.05 bits per heavy atom. The molecule has 2 aromatic rings. The van der Waals surface area contributed by atoms with E-state index in [-0.39, 0.29) is 18.0 Å². The second kappa shape index (κ2) is 5.88.